The Morgan fingerprint density at radius 1 is 1.04 bits per heavy atom. The molecule has 0 bridgehead atoms. The van der Waals surface area contributed by atoms with Crippen LogP contribution in [0.1, 0.15) is 22.8 Å². The van der Waals surface area contributed by atoms with Gasteiger partial charge in [-0.1, -0.05) is 42.5 Å². The van der Waals surface area contributed by atoms with Crippen LogP contribution in [0.25, 0.3) is 10.8 Å². The molecule has 0 fully saturated rings. The molecule has 3 rings (SSSR count). The second-order valence-corrected chi connectivity index (χ2v) is 6.75. The molecule has 0 saturated carbocycles. The normalized spacial score (nSPS) is 12.9. The molecular weight excluding hydrogens is 360 g/mol. The number of carbonyl (C=O) groups is 2. The number of amides is 1. The van der Waals surface area contributed by atoms with Gasteiger partial charge in [0.15, 0.2) is 0 Å². The Kier molecular flexibility index (Phi) is 5.08. The van der Waals surface area contributed by atoms with Crippen LogP contribution in [0.5, 0.6) is 0 Å². The van der Waals surface area contributed by atoms with Crippen molar-refractivity contribution in [2.45, 2.75) is 18.9 Å². The number of nitro groups is 1. The quantitative estimate of drug-likeness (QED) is 0.503. The Bertz CT molecular complexity index is 1060. The van der Waals surface area contributed by atoms with Crippen molar-refractivity contribution in [3.63, 3.8) is 0 Å². The maximum atomic E-state index is 12.7. The van der Waals surface area contributed by atoms with Gasteiger partial charge in [0.2, 0.25) is 0 Å². The number of nitrogens with zero attached hydrogens (tertiary/aromatic N) is 1. The van der Waals surface area contributed by atoms with E-state index in [2.05, 4.69) is 5.32 Å². The Morgan fingerprint density at radius 2 is 1.68 bits per heavy atom. The topological polar surface area (TPSA) is 110 Å². The summed E-state index contributed by atoms with van der Waals surface area (Å²) in [6.45, 7) is 1.41. The van der Waals surface area contributed by atoms with E-state index in [1.165, 1.54) is 31.2 Å². The van der Waals surface area contributed by atoms with Gasteiger partial charge in [-0.15, -0.1) is 0 Å². The van der Waals surface area contributed by atoms with Gasteiger partial charge in [-0.2, -0.15) is 0 Å². The van der Waals surface area contributed by atoms with Crippen LogP contribution in [-0.4, -0.2) is 27.4 Å². The van der Waals surface area contributed by atoms with Crippen molar-refractivity contribution >= 4 is 28.3 Å². The summed E-state index contributed by atoms with van der Waals surface area (Å²) in [6, 6.07) is 18.3. The van der Waals surface area contributed by atoms with Crippen molar-refractivity contribution in [2.24, 2.45) is 0 Å². The van der Waals surface area contributed by atoms with Gasteiger partial charge in [0.05, 0.1) is 4.92 Å². The molecule has 0 aliphatic heterocycles. The van der Waals surface area contributed by atoms with E-state index in [1.807, 2.05) is 24.3 Å². The van der Waals surface area contributed by atoms with Gasteiger partial charge in [0.1, 0.15) is 5.54 Å². The molecule has 3 aromatic carbocycles. The van der Waals surface area contributed by atoms with Crippen LogP contribution < -0.4 is 5.32 Å². The predicted octanol–water partition coefficient (Wildman–Crippen LogP) is 3.56. The molecule has 1 amide bonds. The molecule has 3 aromatic rings. The van der Waals surface area contributed by atoms with Crippen molar-refractivity contribution < 1.29 is 19.6 Å². The summed E-state index contributed by atoms with van der Waals surface area (Å²) in [5.41, 5.74) is -0.732. The lowest BCUT2D eigenvalue weighted by molar-refractivity contribution is -0.384. The van der Waals surface area contributed by atoms with E-state index in [-0.39, 0.29) is 12.1 Å². The largest absolute Gasteiger partial charge is 0.480 e. The molecule has 2 N–H and O–H groups in total. The van der Waals surface area contributed by atoms with Crippen molar-refractivity contribution in [2.75, 3.05) is 0 Å². The minimum atomic E-state index is -1.57. The molecule has 0 aliphatic carbocycles. The zero-order valence-corrected chi connectivity index (χ0v) is 15.1. The SMILES string of the molecule is CC(Cc1ccc([N+](=O)[O-])cc1)(NC(=O)c1ccc2ccccc2c1)C(=O)O. The molecule has 1 atom stereocenters. The van der Waals surface area contributed by atoms with Gasteiger partial charge in [0, 0.05) is 24.1 Å². The summed E-state index contributed by atoms with van der Waals surface area (Å²) in [5.74, 6) is -1.70. The highest BCUT2D eigenvalue weighted by Gasteiger charge is 2.35. The van der Waals surface area contributed by atoms with Crippen molar-refractivity contribution in [3.8, 4) is 0 Å². The van der Waals surface area contributed by atoms with Crippen LogP contribution in [0.4, 0.5) is 5.69 Å². The van der Waals surface area contributed by atoms with E-state index in [4.69, 9.17) is 0 Å². The van der Waals surface area contributed by atoms with Crippen LogP contribution in [0, 0.1) is 10.1 Å². The number of nitro benzene ring substituents is 1. The van der Waals surface area contributed by atoms with Gasteiger partial charge in [0.25, 0.3) is 11.6 Å². The fourth-order valence-electron chi connectivity index (χ4n) is 2.97. The van der Waals surface area contributed by atoms with Crippen LogP contribution in [-0.2, 0) is 11.2 Å². The summed E-state index contributed by atoms with van der Waals surface area (Å²) in [5, 5.41) is 24.9. The monoisotopic (exact) mass is 378 g/mol. The average Bonchev–Trinajstić information content (AvgIpc) is 2.67. The highest BCUT2D eigenvalue weighted by molar-refractivity contribution is 6.01. The molecule has 0 aliphatic rings. The number of rotatable bonds is 6. The summed E-state index contributed by atoms with van der Waals surface area (Å²) >= 11 is 0. The zero-order chi connectivity index (χ0) is 20.3. The number of hydrogen-bond acceptors (Lipinski definition) is 4. The van der Waals surface area contributed by atoms with Crippen LogP contribution in [0.2, 0.25) is 0 Å². The van der Waals surface area contributed by atoms with E-state index in [9.17, 15) is 24.8 Å². The van der Waals surface area contributed by atoms with Gasteiger partial charge in [-0.3, -0.25) is 14.9 Å². The summed E-state index contributed by atoms with van der Waals surface area (Å²) in [4.78, 5) is 34.8. The Labute approximate surface area is 160 Å². The second kappa shape index (κ2) is 7.48. The molecule has 142 valence electrons. The third-order valence-electron chi connectivity index (χ3n) is 4.58. The first-order valence-corrected chi connectivity index (χ1v) is 8.56. The lowest BCUT2D eigenvalue weighted by Crippen LogP contribution is -2.53. The first-order valence-electron chi connectivity index (χ1n) is 8.56. The zero-order valence-electron chi connectivity index (χ0n) is 15.1. The molecule has 0 radical (unpaired) electrons. The number of nitrogens with one attached hydrogen (secondary N) is 1. The lowest BCUT2D eigenvalue weighted by atomic mass is 9.92. The van der Waals surface area contributed by atoms with Crippen LogP contribution >= 0.6 is 0 Å². The standard InChI is InChI=1S/C21H18N2O5/c1-21(20(25)26,13-14-6-10-18(11-7-14)23(27)28)22-19(24)17-9-8-15-4-2-3-5-16(15)12-17/h2-12H,13H2,1H3,(H,22,24)(H,25,26). The molecular formula is C21H18N2O5. The molecule has 0 aromatic heterocycles. The van der Waals surface area contributed by atoms with E-state index in [1.54, 1.807) is 18.2 Å². The molecule has 1 unspecified atom stereocenters. The fourth-order valence-corrected chi connectivity index (χ4v) is 2.97. The number of aliphatic carboxylic acids is 1. The summed E-state index contributed by atoms with van der Waals surface area (Å²) < 4.78 is 0. The van der Waals surface area contributed by atoms with Crippen molar-refractivity contribution in [1.82, 2.24) is 5.32 Å². The predicted molar refractivity (Wildman–Crippen MR) is 104 cm³/mol. The van der Waals surface area contributed by atoms with Crippen molar-refractivity contribution in [1.29, 1.82) is 0 Å². The molecule has 0 spiro atoms. The first kappa shape index (κ1) is 19.0. The minimum absolute atomic E-state index is 0.0142. The lowest BCUT2D eigenvalue weighted by Gasteiger charge is -2.26. The number of carboxylic acid groups (broad SMARTS) is 1. The van der Waals surface area contributed by atoms with E-state index >= 15 is 0 Å². The third-order valence-corrected chi connectivity index (χ3v) is 4.58. The highest BCUT2D eigenvalue weighted by atomic mass is 16.6. The number of fused-ring (bicyclic) bond motifs is 1. The average molecular weight is 378 g/mol. The van der Waals surface area contributed by atoms with E-state index in [0.717, 1.165) is 10.8 Å². The van der Waals surface area contributed by atoms with E-state index < -0.39 is 22.3 Å². The molecule has 0 heterocycles. The molecule has 7 heteroatoms. The number of carboxylic acids is 1. The summed E-state index contributed by atoms with van der Waals surface area (Å²) in [7, 11) is 0. The fraction of sp³-hybridized carbons (Fsp3) is 0.143. The maximum absolute atomic E-state index is 12.7. The Morgan fingerprint density at radius 3 is 2.29 bits per heavy atom. The first-order chi connectivity index (χ1) is 13.3. The van der Waals surface area contributed by atoms with Gasteiger partial charge in [-0.05, 0) is 35.4 Å². The van der Waals surface area contributed by atoms with Crippen LogP contribution in [0.15, 0.2) is 66.7 Å². The number of benzene rings is 3. The number of carbonyl (C=O) groups excluding carboxylic acids is 1. The number of non-ortho nitro benzene ring substituents is 1. The number of hydrogen-bond donors (Lipinski definition) is 2. The molecule has 28 heavy (non-hydrogen) atoms. The smallest absolute Gasteiger partial charge is 0.329 e. The second-order valence-electron chi connectivity index (χ2n) is 6.75. The summed E-state index contributed by atoms with van der Waals surface area (Å²) in [6.07, 6.45) is -0.0142. The Hall–Kier alpha value is -3.74. The van der Waals surface area contributed by atoms with Crippen molar-refractivity contribution in [3.05, 3.63) is 88.0 Å². The van der Waals surface area contributed by atoms with Crippen LogP contribution in [0.3, 0.4) is 0 Å². The third kappa shape index (κ3) is 3.98. The van der Waals surface area contributed by atoms with Gasteiger partial charge < -0.3 is 10.4 Å². The molecule has 0 saturated heterocycles. The van der Waals surface area contributed by atoms with Gasteiger partial charge in [-0.25, -0.2) is 4.79 Å². The highest BCUT2D eigenvalue weighted by Crippen LogP contribution is 2.20. The maximum Gasteiger partial charge on any atom is 0.329 e. The minimum Gasteiger partial charge on any atom is -0.480 e. The van der Waals surface area contributed by atoms with E-state index in [0.29, 0.717) is 11.1 Å². The molecule has 7 nitrogen and oxygen atoms in total. The van der Waals surface area contributed by atoms with Gasteiger partial charge >= 0.3 is 5.97 Å². The Balaban J connectivity index is 1.83.